The van der Waals surface area contributed by atoms with Gasteiger partial charge in [0.05, 0.1) is 18.5 Å². The Morgan fingerprint density at radius 2 is 2.25 bits per heavy atom. The summed E-state index contributed by atoms with van der Waals surface area (Å²) in [6, 6.07) is 2.41. The third kappa shape index (κ3) is 3.45. The van der Waals surface area contributed by atoms with Gasteiger partial charge in [-0.2, -0.15) is 0 Å². The van der Waals surface area contributed by atoms with Crippen LogP contribution in [0.15, 0.2) is 11.4 Å². The van der Waals surface area contributed by atoms with Gasteiger partial charge in [-0.3, -0.25) is 4.90 Å². The lowest BCUT2D eigenvalue weighted by molar-refractivity contribution is 0.110. The largest absolute Gasteiger partial charge is 0.383 e. The second kappa shape index (κ2) is 6.97. The normalized spacial score (nSPS) is 13.1. The van der Waals surface area contributed by atoms with E-state index in [4.69, 9.17) is 4.74 Å². The van der Waals surface area contributed by atoms with E-state index in [1.165, 1.54) is 0 Å². The first-order chi connectivity index (χ1) is 9.65. The summed E-state index contributed by atoms with van der Waals surface area (Å²) in [7, 11) is 3.79. The molecule has 110 valence electrons. The highest BCUT2D eigenvalue weighted by Crippen LogP contribution is 2.25. The van der Waals surface area contributed by atoms with Crippen molar-refractivity contribution in [2.24, 2.45) is 0 Å². The van der Waals surface area contributed by atoms with E-state index < -0.39 is 0 Å². The Labute approximate surface area is 124 Å². The van der Waals surface area contributed by atoms with Crippen molar-refractivity contribution in [1.29, 1.82) is 0 Å². The zero-order chi connectivity index (χ0) is 14.5. The molecule has 2 rings (SSSR count). The van der Waals surface area contributed by atoms with Crippen LogP contribution in [-0.4, -0.2) is 48.2 Å². The molecule has 2 aromatic heterocycles. The minimum atomic E-state index is 0.338. The Kier molecular flexibility index (Phi) is 5.28. The number of hydrogen-bond donors (Lipinski definition) is 1. The predicted octanol–water partition coefficient (Wildman–Crippen LogP) is 2.59. The first kappa shape index (κ1) is 15.2. The average Bonchev–Trinajstić information content (AvgIpc) is 2.87. The van der Waals surface area contributed by atoms with Gasteiger partial charge in [-0.1, -0.05) is 0 Å². The molecule has 5 nitrogen and oxygen atoms in total. The van der Waals surface area contributed by atoms with Crippen molar-refractivity contribution in [1.82, 2.24) is 14.9 Å². The van der Waals surface area contributed by atoms with Crippen LogP contribution in [0.3, 0.4) is 0 Å². The van der Waals surface area contributed by atoms with E-state index in [0.717, 1.165) is 34.9 Å². The molecule has 1 N–H and O–H groups in total. The van der Waals surface area contributed by atoms with Crippen LogP contribution in [0.2, 0.25) is 0 Å². The highest BCUT2D eigenvalue weighted by Gasteiger charge is 2.13. The lowest BCUT2D eigenvalue weighted by Crippen LogP contribution is -2.32. The molecule has 2 aromatic rings. The molecule has 0 aliphatic carbocycles. The van der Waals surface area contributed by atoms with Gasteiger partial charge in [0.2, 0.25) is 0 Å². The number of hydrogen-bond acceptors (Lipinski definition) is 6. The SMILES string of the molecule is CCNc1nc(CN(C)C(C)COC)nc2sccc12. The van der Waals surface area contributed by atoms with Crippen molar-refractivity contribution in [3.63, 3.8) is 0 Å². The molecular weight excluding hydrogens is 272 g/mol. The second-order valence-electron chi connectivity index (χ2n) is 4.88. The van der Waals surface area contributed by atoms with Crippen molar-refractivity contribution in [2.75, 3.05) is 32.6 Å². The molecule has 0 amide bonds. The summed E-state index contributed by atoms with van der Waals surface area (Å²) in [4.78, 5) is 12.5. The number of fused-ring (bicyclic) bond motifs is 1. The molecule has 0 aliphatic rings. The van der Waals surface area contributed by atoms with Crippen LogP contribution < -0.4 is 5.32 Å². The van der Waals surface area contributed by atoms with E-state index in [1.54, 1.807) is 18.4 Å². The van der Waals surface area contributed by atoms with E-state index in [1.807, 2.05) is 0 Å². The molecule has 0 bridgehead atoms. The number of anilines is 1. The van der Waals surface area contributed by atoms with Gasteiger partial charge in [0.15, 0.2) is 0 Å². The van der Waals surface area contributed by atoms with Crippen LogP contribution >= 0.6 is 11.3 Å². The summed E-state index contributed by atoms with van der Waals surface area (Å²) >= 11 is 1.65. The number of ether oxygens (including phenoxy) is 1. The van der Waals surface area contributed by atoms with Gasteiger partial charge in [-0.15, -0.1) is 11.3 Å². The van der Waals surface area contributed by atoms with Gasteiger partial charge in [-0.05, 0) is 32.3 Å². The summed E-state index contributed by atoms with van der Waals surface area (Å²) in [6.07, 6.45) is 0. The molecule has 0 fully saturated rings. The molecule has 0 saturated heterocycles. The Hall–Kier alpha value is -1.24. The molecule has 1 atom stereocenters. The van der Waals surface area contributed by atoms with Crippen LogP contribution in [0.5, 0.6) is 0 Å². The number of nitrogens with zero attached hydrogens (tertiary/aromatic N) is 3. The summed E-state index contributed by atoms with van der Waals surface area (Å²) in [6.45, 7) is 6.50. The molecule has 6 heteroatoms. The van der Waals surface area contributed by atoms with Gasteiger partial charge in [-0.25, -0.2) is 9.97 Å². The molecular formula is C14H22N4OS. The van der Waals surface area contributed by atoms with Gasteiger partial charge in [0, 0.05) is 19.7 Å². The molecule has 0 radical (unpaired) electrons. The van der Waals surface area contributed by atoms with E-state index in [9.17, 15) is 0 Å². The van der Waals surface area contributed by atoms with Crippen molar-refractivity contribution < 1.29 is 4.74 Å². The summed E-state index contributed by atoms with van der Waals surface area (Å²) in [5.74, 6) is 1.78. The maximum atomic E-state index is 5.19. The smallest absolute Gasteiger partial charge is 0.146 e. The van der Waals surface area contributed by atoms with Crippen molar-refractivity contribution in [3.8, 4) is 0 Å². The first-order valence-electron chi connectivity index (χ1n) is 6.82. The fourth-order valence-corrected chi connectivity index (χ4v) is 2.80. The second-order valence-corrected chi connectivity index (χ2v) is 5.77. The maximum absolute atomic E-state index is 5.19. The lowest BCUT2D eigenvalue weighted by Gasteiger charge is -2.23. The molecule has 1 unspecified atom stereocenters. The van der Waals surface area contributed by atoms with Gasteiger partial charge >= 0.3 is 0 Å². The summed E-state index contributed by atoms with van der Waals surface area (Å²) < 4.78 is 5.19. The number of methoxy groups -OCH3 is 1. The third-order valence-corrected chi connectivity index (χ3v) is 4.07. The number of aromatic nitrogens is 2. The third-order valence-electron chi connectivity index (χ3n) is 3.27. The minimum Gasteiger partial charge on any atom is -0.383 e. The highest BCUT2D eigenvalue weighted by molar-refractivity contribution is 7.16. The zero-order valence-corrected chi connectivity index (χ0v) is 13.3. The number of rotatable bonds is 7. The number of likely N-dealkylation sites (N-methyl/N-ethyl adjacent to an activating group) is 1. The molecule has 0 aliphatic heterocycles. The summed E-state index contributed by atoms with van der Waals surface area (Å²) in [5, 5.41) is 6.48. The number of nitrogens with one attached hydrogen (secondary N) is 1. The van der Waals surface area contributed by atoms with Crippen LogP contribution in [0, 0.1) is 0 Å². The highest BCUT2D eigenvalue weighted by atomic mass is 32.1. The average molecular weight is 294 g/mol. The molecule has 0 saturated carbocycles. The van der Waals surface area contributed by atoms with Gasteiger partial charge < -0.3 is 10.1 Å². The molecule has 0 spiro atoms. The Balaban J connectivity index is 2.21. The van der Waals surface area contributed by atoms with E-state index in [0.29, 0.717) is 12.6 Å². The van der Waals surface area contributed by atoms with Crippen LogP contribution in [-0.2, 0) is 11.3 Å². The van der Waals surface area contributed by atoms with Gasteiger partial charge in [0.25, 0.3) is 0 Å². The fourth-order valence-electron chi connectivity index (χ4n) is 2.02. The van der Waals surface area contributed by atoms with Crippen molar-refractivity contribution in [2.45, 2.75) is 26.4 Å². The monoisotopic (exact) mass is 294 g/mol. The first-order valence-corrected chi connectivity index (χ1v) is 7.70. The summed E-state index contributed by atoms with van der Waals surface area (Å²) in [5.41, 5.74) is 0. The minimum absolute atomic E-state index is 0.338. The van der Waals surface area contributed by atoms with Crippen LogP contribution in [0.4, 0.5) is 5.82 Å². The fraction of sp³-hybridized carbons (Fsp3) is 0.571. The van der Waals surface area contributed by atoms with E-state index >= 15 is 0 Å². The number of thiophene rings is 1. The van der Waals surface area contributed by atoms with E-state index in [-0.39, 0.29) is 0 Å². The van der Waals surface area contributed by atoms with Crippen molar-refractivity contribution in [3.05, 3.63) is 17.3 Å². The standard InChI is InChI=1S/C14H22N4OS/c1-5-15-13-11-6-7-20-14(11)17-12(16-13)8-18(3)10(2)9-19-4/h6-7,10H,5,8-9H2,1-4H3,(H,15,16,17). The predicted molar refractivity (Wildman–Crippen MR) is 84.4 cm³/mol. The lowest BCUT2D eigenvalue weighted by atomic mass is 10.3. The molecule has 2 heterocycles. The topological polar surface area (TPSA) is 50.3 Å². The zero-order valence-electron chi connectivity index (χ0n) is 12.5. The Morgan fingerprint density at radius 1 is 1.45 bits per heavy atom. The van der Waals surface area contributed by atoms with Gasteiger partial charge in [0.1, 0.15) is 16.5 Å². The Bertz CT molecular complexity index is 557. The van der Waals surface area contributed by atoms with Crippen LogP contribution in [0.25, 0.3) is 10.2 Å². The quantitative estimate of drug-likeness (QED) is 0.850. The Morgan fingerprint density at radius 3 is 2.95 bits per heavy atom. The van der Waals surface area contributed by atoms with E-state index in [2.05, 4.69) is 52.5 Å². The molecule has 20 heavy (non-hydrogen) atoms. The van der Waals surface area contributed by atoms with Crippen LogP contribution in [0.1, 0.15) is 19.7 Å². The maximum Gasteiger partial charge on any atom is 0.146 e. The van der Waals surface area contributed by atoms with Crippen molar-refractivity contribution >= 4 is 27.4 Å². The molecule has 0 aromatic carbocycles.